The van der Waals surface area contributed by atoms with Gasteiger partial charge >= 0.3 is 17.9 Å². The van der Waals surface area contributed by atoms with Gasteiger partial charge in [0.2, 0.25) is 0 Å². The molecule has 0 spiro atoms. The average Bonchev–Trinajstić information content (AvgIpc) is 2.95. The number of halogens is 1. The monoisotopic (exact) mass is 360 g/mol. The molecule has 0 atom stereocenters. The summed E-state index contributed by atoms with van der Waals surface area (Å²) in [6.45, 7) is 3.23. The number of benzene rings is 1. The third kappa shape index (κ3) is 4.66. The molecule has 1 aliphatic rings. The lowest BCUT2D eigenvalue weighted by Crippen LogP contribution is -2.21. The van der Waals surface area contributed by atoms with Crippen LogP contribution in [0.1, 0.15) is 19.4 Å². The van der Waals surface area contributed by atoms with E-state index in [1.165, 1.54) is 30.3 Å². The Bertz CT molecular complexity index is 782. The molecule has 0 fully saturated rings. The maximum absolute atomic E-state index is 13.0. The van der Waals surface area contributed by atoms with E-state index in [1.807, 2.05) is 0 Å². The third-order valence-corrected chi connectivity index (χ3v) is 3.25. The highest BCUT2D eigenvalue weighted by Gasteiger charge is 2.33. The third-order valence-electron chi connectivity index (χ3n) is 3.25. The van der Waals surface area contributed by atoms with Crippen molar-refractivity contribution in [1.82, 2.24) is 0 Å². The van der Waals surface area contributed by atoms with Crippen molar-refractivity contribution in [3.05, 3.63) is 64.7 Å². The number of esters is 3. The van der Waals surface area contributed by atoms with Crippen LogP contribution in [-0.2, 0) is 28.6 Å². The van der Waals surface area contributed by atoms with Gasteiger partial charge in [-0.15, -0.1) is 0 Å². The van der Waals surface area contributed by atoms with Crippen LogP contribution in [0.2, 0.25) is 0 Å². The maximum Gasteiger partial charge on any atom is 0.349 e. The molecule has 0 saturated heterocycles. The summed E-state index contributed by atoms with van der Waals surface area (Å²) in [5.74, 6) is -3.24. The van der Waals surface area contributed by atoms with Crippen LogP contribution < -0.4 is 0 Å². The minimum absolute atomic E-state index is 0.0351. The highest BCUT2D eigenvalue weighted by Crippen LogP contribution is 2.27. The van der Waals surface area contributed by atoms with Crippen molar-refractivity contribution in [1.29, 1.82) is 0 Å². The molecule has 0 bridgehead atoms. The molecule has 1 aromatic carbocycles. The summed E-state index contributed by atoms with van der Waals surface area (Å²) >= 11 is 0. The summed E-state index contributed by atoms with van der Waals surface area (Å²) < 4.78 is 27.7. The van der Waals surface area contributed by atoms with Crippen LogP contribution in [0.15, 0.2) is 53.3 Å². The summed E-state index contributed by atoms with van der Waals surface area (Å²) in [4.78, 5) is 36.0. The predicted molar refractivity (Wildman–Crippen MR) is 89.9 cm³/mol. The molecule has 1 heterocycles. The zero-order valence-electron chi connectivity index (χ0n) is 14.3. The molecule has 0 aliphatic carbocycles. The van der Waals surface area contributed by atoms with Gasteiger partial charge in [-0.05, 0) is 31.5 Å². The molecule has 0 radical (unpaired) electrons. The predicted octanol–water partition coefficient (Wildman–Crippen LogP) is 2.70. The van der Waals surface area contributed by atoms with Crippen LogP contribution in [0.4, 0.5) is 4.39 Å². The Morgan fingerprint density at radius 2 is 1.62 bits per heavy atom. The first-order chi connectivity index (χ1) is 12.5. The smallest absolute Gasteiger partial charge is 0.349 e. The summed E-state index contributed by atoms with van der Waals surface area (Å²) in [6.07, 6.45) is 4.20. The lowest BCUT2D eigenvalue weighted by Gasteiger charge is -2.10. The molecular formula is C19H17FO6. The molecule has 0 amide bonds. The fourth-order valence-corrected chi connectivity index (χ4v) is 2.14. The van der Waals surface area contributed by atoms with Gasteiger partial charge < -0.3 is 14.2 Å². The van der Waals surface area contributed by atoms with Gasteiger partial charge in [0.1, 0.15) is 5.82 Å². The summed E-state index contributed by atoms with van der Waals surface area (Å²) in [7, 11) is 0. The normalized spacial score (nSPS) is 13.4. The van der Waals surface area contributed by atoms with Crippen molar-refractivity contribution in [2.24, 2.45) is 0 Å². The van der Waals surface area contributed by atoms with Gasteiger partial charge in [-0.25, -0.2) is 18.8 Å². The number of carbonyl (C=O) groups is 3. The number of allylic oxidation sites excluding steroid dienone is 1. The minimum Gasteiger partial charge on any atom is -0.462 e. The van der Waals surface area contributed by atoms with E-state index in [0.29, 0.717) is 5.56 Å². The highest BCUT2D eigenvalue weighted by molar-refractivity contribution is 6.16. The Kier molecular flexibility index (Phi) is 6.43. The van der Waals surface area contributed by atoms with Crippen molar-refractivity contribution in [2.75, 3.05) is 13.2 Å². The van der Waals surface area contributed by atoms with Gasteiger partial charge in [-0.1, -0.05) is 24.3 Å². The first kappa shape index (κ1) is 19.1. The average molecular weight is 360 g/mol. The fraction of sp³-hybridized carbons (Fsp3) is 0.211. The van der Waals surface area contributed by atoms with Crippen molar-refractivity contribution >= 4 is 24.0 Å². The Balaban J connectivity index is 2.41. The van der Waals surface area contributed by atoms with E-state index < -0.39 is 23.5 Å². The van der Waals surface area contributed by atoms with Gasteiger partial charge in [-0.2, -0.15) is 0 Å². The van der Waals surface area contributed by atoms with Crippen molar-refractivity contribution < 1.29 is 33.0 Å². The van der Waals surface area contributed by atoms with Crippen LogP contribution in [-0.4, -0.2) is 31.1 Å². The van der Waals surface area contributed by atoms with Gasteiger partial charge in [0.25, 0.3) is 0 Å². The Labute approximate surface area is 149 Å². The van der Waals surface area contributed by atoms with Crippen LogP contribution >= 0.6 is 0 Å². The van der Waals surface area contributed by atoms with E-state index in [0.717, 1.165) is 6.08 Å². The van der Waals surface area contributed by atoms with Gasteiger partial charge in [0, 0.05) is 11.6 Å². The van der Waals surface area contributed by atoms with Crippen molar-refractivity contribution in [2.45, 2.75) is 13.8 Å². The molecule has 136 valence electrons. The molecular weight excluding hydrogens is 343 g/mol. The summed E-state index contributed by atoms with van der Waals surface area (Å²) in [5, 5.41) is 0. The fourth-order valence-electron chi connectivity index (χ4n) is 2.14. The molecule has 1 aromatic rings. The van der Waals surface area contributed by atoms with Crippen molar-refractivity contribution in [3.63, 3.8) is 0 Å². The van der Waals surface area contributed by atoms with E-state index in [9.17, 15) is 18.8 Å². The van der Waals surface area contributed by atoms with Crippen LogP contribution in [0.25, 0.3) is 6.08 Å². The number of carbonyl (C=O) groups excluding carboxylic acids is 3. The number of ether oxygens (including phenoxy) is 3. The van der Waals surface area contributed by atoms with Gasteiger partial charge in [0.05, 0.1) is 13.2 Å². The Hall–Kier alpha value is -3.22. The first-order valence-corrected chi connectivity index (χ1v) is 7.92. The summed E-state index contributed by atoms with van der Waals surface area (Å²) in [5.41, 5.74) is 0.366. The Morgan fingerprint density at radius 3 is 2.15 bits per heavy atom. The molecule has 0 unspecified atom stereocenters. The Morgan fingerprint density at radius 1 is 1.04 bits per heavy atom. The largest absolute Gasteiger partial charge is 0.462 e. The molecule has 2 rings (SSSR count). The minimum atomic E-state index is -0.947. The first-order valence-electron chi connectivity index (χ1n) is 7.92. The lowest BCUT2D eigenvalue weighted by molar-refractivity contribution is -0.147. The SMILES string of the molecule is CCOC(=O)C(C(=O)OCC)=C1OC(=O)C=C1/C=C/c1ccc(F)cc1. The molecule has 26 heavy (non-hydrogen) atoms. The topological polar surface area (TPSA) is 78.9 Å². The van der Waals surface area contributed by atoms with Crippen LogP contribution in [0, 0.1) is 5.82 Å². The lowest BCUT2D eigenvalue weighted by atomic mass is 10.1. The zero-order valence-corrected chi connectivity index (χ0v) is 14.3. The molecule has 0 N–H and O–H groups in total. The number of cyclic esters (lactones) is 1. The number of hydrogen-bond acceptors (Lipinski definition) is 6. The quantitative estimate of drug-likeness (QED) is 0.255. The van der Waals surface area contributed by atoms with Crippen molar-refractivity contribution in [3.8, 4) is 0 Å². The van der Waals surface area contributed by atoms with E-state index in [-0.39, 0.29) is 30.4 Å². The highest BCUT2D eigenvalue weighted by atomic mass is 19.1. The molecule has 6 nitrogen and oxygen atoms in total. The maximum atomic E-state index is 13.0. The van der Waals surface area contributed by atoms with Gasteiger partial charge in [-0.3, -0.25) is 0 Å². The van der Waals surface area contributed by atoms with E-state index >= 15 is 0 Å². The van der Waals surface area contributed by atoms with Crippen LogP contribution in [0.5, 0.6) is 0 Å². The molecule has 7 heteroatoms. The molecule has 0 saturated carbocycles. The number of rotatable bonds is 6. The van der Waals surface area contributed by atoms with Crippen LogP contribution in [0.3, 0.4) is 0 Å². The second-order valence-electron chi connectivity index (χ2n) is 5.05. The standard InChI is InChI=1S/C19H17FO6/c1-3-24-18(22)16(19(23)25-4-2)17-13(11-15(21)26-17)8-5-12-6-9-14(20)10-7-12/h5-11H,3-4H2,1-2H3/b8-5+. The number of hydrogen-bond donors (Lipinski definition) is 0. The second-order valence-corrected chi connectivity index (χ2v) is 5.05. The molecule has 1 aliphatic heterocycles. The van der Waals surface area contributed by atoms with E-state index in [1.54, 1.807) is 19.9 Å². The van der Waals surface area contributed by atoms with Gasteiger partial charge in [0.15, 0.2) is 11.3 Å². The second kappa shape index (κ2) is 8.75. The molecule has 0 aromatic heterocycles. The van der Waals surface area contributed by atoms with E-state index in [2.05, 4.69) is 0 Å². The van der Waals surface area contributed by atoms with E-state index in [4.69, 9.17) is 14.2 Å². The summed E-state index contributed by atoms with van der Waals surface area (Å²) in [6, 6.07) is 5.63. The zero-order chi connectivity index (χ0) is 19.1.